The molecule has 1 aliphatic rings. The molecular weight excluding hydrogens is 452 g/mol. The molecule has 0 saturated carbocycles. The molecule has 0 aliphatic carbocycles. The van der Waals surface area contributed by atoms with Crippen LogP contribution in [0.3, 0.4) is 0 Å². The maximum absolute atomic E-state index is 11.6. The van der Waals surface area contributed by atoms with Crippen molar-refractivity contribution in [3.63, 3.8) is 0 Å². The van der Waals surface area contributed by atoms with E-state index in [1.54, 1.807) is 12.3 Å². The van der Waals surface area contributed by atoms with Gasteiger partial charge in [-0.05, 0) is 49.1 Å². The fraction of sp³-hybridized carbons (Fsp3) is 0.375. The summed E-state index contributed by atoms with van der Waals surface area (Å²) >= 11 is 0. The normalized spacial score (nSPS) is 13.9. The SMILES string of the molecule is Cc1cc(-c2cncc(NS(C)(=O)=O)c2)cc2c1OCCN(c1nc(N)nc(C)c1C(C)C)C2. The number of sulfonamides is 1. The van der Waals surface area contributed by atoms with Crippen LogP contribution in [0.4, 0.5) is 17.5 Å². The van der Waals surface area contributed by atoms with Gasteiger partial charge in [0.15, 0.2) is 0 Å². The number of hydrogen-bond donors (Lipinski definition) is 2. The number of nitrogens with zero attached hydrogens (tertiary/aromatic N) is 4. The molecule has 1 aromatic carbocycles. The Balaban J connectivity index is 1.76. The third-order valence-electron chi connectivity index (χ3n) is 5.71. The minimum absolute atomic E-state index is 0.239. The minimum Gasteiger partial charge on any atom is -0.491 e. The van der Waals surface area contributed by atoms with Crippen LogP contribution in [0.2, 0.25) is 0 Å². The molecule has 1 aliphatic heterocycles. The van der Waals surface area contributed by atoms with Crippen molar-refractivity contribution in [2.75, 3.05) is 34.8 Å². The Labute approximate surface area is 200 Å². The highest BCUT2D eigenvalue weighted by Crippen LogP contribution is 2.36. The average molecular weight is 483 g/mol. The summed E-state index contributed by atoms with van der Waals surface area (Å²) in [5, 5.41) is 0. The van der Waals surface area contributed by atoms with Crippen LogP contribution in [-0.4, -0.2) is 42.8 Å². The van der Waals surface area contributed by atoms with E-state index < -0.39 is 10.0 Å². The lowest BCUT2D eigenvalue weighted by atomic mass is 9.99. The number of aryl methyl sites for hydroxylation is 2. The fourth-order valence-corrected chi connectivity index (χ4v) is 4.97. The third-order valence-corrected chi connectivity index (χ3v) is 6.31. The molecule has 0 spiro atoms. The molecule has 0 atom stereocenters. The zero-order chi connectivity index (χ0) is 24.6. The monoisotopic (exact) mass is 482 g/mol. The molecule has 0 bridgehead atoms. The maximum Gasteiger partial charge on any atom is 0.229 e. The number of hydrogen-bond acceptors (Lipinski definition) is 8. The number of aromatic nitrogens is 3. The van der Waals surface area contributed by atoms with E-state index in [0.717, 1.165) is 51.3 Å². The summed E-state index contributed by atoms with van der Waals surface area (Å²) < 4.78 is 31.9. The molecule has 0 radical (unpaired) electrons. The van der Waals surface area contributed by atoms with Crippen LogP contribution in [0.5, 0.6) is 5.75 Å². The van der Waals surface area contributed by atoms with E-state index in [2.05, 4.69) is 44.5 Å². The summed E-state index contributed by atoms with van der Waals surface area (Å²) in [6.45, 7) is 9.99. The van der Waals surface area contributed by atoms with Crippen molar-refractivity contribution in [1.29, 1.82) is 0 Å². The lowest BCUT2D eigenvalue weighted by molar-refractivity contribution is 0.329. The van der Waals surface area contributed by atoms with Crippen molar-refractivity contribution in [2.45, 2.75) is 40.2 Å². The second kappa shape index (κ2) is 9.09. The Hall–Kier alpha value is -3.40. The summed E-state index contributed by atoms with van der Waals surface area (Å²) in [6.07, 6.45) is 4.32. The first-order valence-electron chi connectivity index (χ1n) is 11.1. The van der Waals surface area contributed by atoms with Gasteiger partial charge in [-0.3, -0.25) is 9.71 Å². The number of anilines is 3. The van der Waals surface area contributed by atoms with E-state index in [4.69, 9.17) is 10.5 Å². The second-order valence-electron chi connectivity index (χ2n) is 8.95. The molecule has 4 rings (SSSR count). The zero-order valence-corrected chi connectivity index (χ0v) is 20.9. The second-order valence-corrected chi connectivity index (χ2v) is 10.7. The molecule has 3 aromatic rings. The molecule has 2 aromatic heterocycles. The molecule has 0 amide bonds. The maximum atomic E-state index is 11.6. The Bertz CT molecular complexity index is 1340. The average Bonchev–Trinajstić information content (AvgIpc) is 2.94. The van der Waals surface area contributed by atoms with Gasteiger partial charge in [-0.25, -0.2) is 13.4 Å². The standard InChI is InChI=1S/C24H30N6O3S/c1-14(2)21-16(4)27-24(25)28-23(21)30-6-7-33-22-15(3)8-17(9-19(22)13-30)18-10-20(12-26-11-18)29-34(5,31)32/h8-12,14,29H,6-7,13H2,1-5H3,(H2,25,27,28). The Morgan fingerprint density at radius 1 is 1.12 bits per heavy atom. The van der Waals surface area contributed by atoms with Gasteiger partial charge in [0.2, 0.25) is 16.0 Å². The third kappa shape index (κ3) is 5.06. The number of benzene rings is 1. The van der Waals surface area contributed by atoms with Crippen LogP contribution in [0.1, 0.15) is 42.1 Å². The number of pyridine rings is 1. The van der Waals surface area contributed by atoms with Crippen LogP contribution in [0.25, 0.3) is 11.1 Å². The number of ether oxygens (including phenoxy) is 1. The molecular formula is C24H30N6O3S. The van der Waals surface area contributed by atoms with E-state index in [1.807, 2.05) is 19.9 Å². The molecule has 0 saturated heterocycles. The highest BCUT2D eigenvalue weighted by Gasteiger charge is 2.24. The predicted octanol–water partition coefficient (Wildman–Crippen LogP) is 3.63. The molecule has 3 heterocycles. The summed E-state index contributed by atoms with van der Waals surface area (Å²) in [6, 6.07) is 5.87. The number of rotatable bonds is 5. The number of fused-ring (bicyclic) bond motifs is 1. The smallest absolute Gasteiger partial charge is 0.229 e. The zero-order valence-electron chi connectivity index (χ0n) is 20.1. The minimum atomic E-state index is -3.40. The van der Waals surface area contributed by atoms with Gasteiger partial charge in [-0.1, -0.05) is 13.8 Å². The van der Waals surface area contributed by atoms with Crippen molar-refractivity contribution in [1.82, 2.24) is 15.0 Å². The summed E-state index contributed by atoms with van der Waals surface area (Å²) in [7, 11) is -3.40. The summed E-state index contributed by atoms with van der Waals surface area (Å²) in [5.41, 5.74) is 12.1. The quantitative estimate of drug-likeness (QED) is 0.565. The van der Waals surface area contributed by atoms with Crippen LogP contribution in [0, 0.1) is 13.8 Å². The van der Waals surface area contributed by atoms with Gasteiger partial charge in [0.25, 0.3) is 0 Å². The Morgan fingerprint density at radius 3 is 2.59 bits per heavy atom. The van der Waals surface area contributed by atoms with Gasteiger partial charge in [-0.2, -0.15) is 4.98 Å². The first-order valence-corrected chi connectivity index (χ1v) is 13.0. The van der Waals surface area contributed by atoms with Crippen molar-refractivity contribution >= 4 is 27.5 Å². The Kier molecular flexibility index (Phi) is 6.35. The molecule has 0 fully saturated rings. The lowest BCUT2D eigenvalue weighted by Gasteiger charge is -2.26. The first-order chi connectivity index (χ1) is 16.0. The van der Waals surface area contributed by atoms with Crippen LogP contribution < -0.4 is 20.1 Å². The molecule has 9 nitrogen and oxygen atoms in total. The molecule has 10 heteroatoms. The highest BCUT2D eigenvalue weighted by molar-refractivity contribution is 7.92. The largest absolute Gasteiger partial charge is 0.491 e. The fourth-order valence-electron chi connectivity index (χ4n) is 4.43. The van der Waals surface area contributed by atoms with Crippen molar-refractivity contribution in [3.8, 4) is 16.9 Å². The van der Waals surface area contributed by atoms with Crippen LogP contribution >= 0.6 is 0 Å². The molecule has 0 unspecified atom stereocenters. The van der Waals surface area contributed by atoms with Crippen molar-refractivity contribution in [2.24, 2.45) is 0 Å². The molecule has 34 heavy (non-hydrogen) atoms. The van der Waals surface area contributed by atoms with Crippen LogP contribution in [-0.2, 0) is 16.6 Å². The predicted molar refractivity (Wildman–Crippen MR) is 135 cm³/mol. The first kappa shape index (κ1) is 23.7. The molecule has 180 valence electrons. The highest BCUT2D eigenvalue weighted by atomic mass is 32.2. The van der Waals surface area contributed by atoms with Gasteiger partial charge in [0, 0.05) is 35.1 Å². The van der Waals surface area contributed by atoms with Crippen molar-refractivity contribution < 1.29 is 13.2 Å². The molecule has 3 N–H and O–H groups in total. The van der Waals surface area contributed by atoms with Crippen LogP contribution in [0.15, 0.2) is 30.6 Å². The van der Waals surface area contributed by atoms with Gasteiger partial charge in [0.05, 0.1) is 24.7 Å². The van der Waals surface area contributed by atoms with E-state index in [9.17, 15) is 8.42 Å². The van der Waals surface area contributed by atoms with E-state index in [-0.39, 0.29) is 11.9 Å². The number of nitrogen functional groups attached to an aromatic ring is 1. The van der Waals surface area contributed by atoms with E-state index >= 15 is 0 Å². The Morgan fingerprint density at radius 2 is 1.88 bits per heavy atom. The lowest BCUT2D eigenvalue weighted by Crippen LogP contribution is -2.28. The van der Waals surface area contributed by atoms with Crippen molar-refractivity contribution in [3.05, 3.63) is 53.0 Å². The topological polar surface area (TPSA) is 123 Å². The van der Waals surface area contributed by atoms with Gasteiger partial charge >= 0.3 is 0 Å². The van der Waals surface area contributed by atoms with Gasteiger partial charge in [0.1, 0.15) is 18.2 Å². The van der Waals surface area contributed by atoms with E-state index in [0.29, 0.717) is 25.4 Å². The summed E-state index contributed by atoms with van der Waals surface area (Å²) in [5.74, 6) is 2.19. The van der Waals surface area contributed by atoms with Gasteiger partial charge < -0.3 is 15.4 Å². The van der Waals surface area contributed by atoms with E-state index in [1.165, 1.54) is 6.20 Å². The number of nitrogens with two attached hydrogens (primary N) is 1. The number of nitrogens with one attached hydrogen (secondary N) is 1. The van der Waals surface area contributed by atoms with Gasteiger partial charge in [-0.15, -0.1) is 0 Å². The summed E-state index contributed by atoms with van der Waals surface area (Å²) in [4.78, 5) is 15.4.